The van der Waals surface area contributed by atoms with Gasteiger partial charge in [-0.25, -0.2) is 0 Å². The molecule has 1 aromatic carbocycles. The zero-order valence-corrected chi connectivity index (χ0v) is 14.3. The number of nitrogens with zero attached hydrogens (tertiary/aromatic N) is 1. The van der Waals surface area contributed by atoms with Gasteiger partial charge < -0.3 is 14.7 Å². The summed E-state index contributed by atoms with van der Waals surface area (Å²) in [5.41, 5.74) is -0.672. The van der Waals surface area contributed by atoms with Gasteiger partial charge in [-0.05, 0) is 60.3 Å². The summed E-state index contributed by atoms with van der Waals surface area (Å²) in [7, 11) is 0. The maximum absolute atomic E-state index is 12.2. The molecule has 0 aromatic heterocycles. The lowest BCUT2D eigenvalue weighted by Gasteiger charge is -2.22. The van der Waals surface area contributed by atoms with E-state index in [-0.39, 0.29) is 12.5 Å². The minimum atomic E-state index is -0.672. The maximum atomic E-state index is 12.2. The first kappa shape index (κ1) is 16.6. The van der Waals surface area contributed by atoms with Crippen LogP contribution in [0.3, 0.4) is 0 Å². The Labute approximate surface area is 138 Å². The Balaban J connectivity index is 1.89. The van der Waals surface area contributed by atoms with E-state index in [4.69, 9.17) is 16.3 Å². The molecule has 1 aliphatic heterocycles. The zero-order chi connectivity index (χ0) is 15.5. The second kappa shape index (κ2) is 6.99. The second-order valence-electron chi connectivity index (χ2n) is 5.59. The second-order valence-corrected chi connectivity index (χ2v) is 6.89. The molecular weight excluding hydrogens is 358 g/mol. The average Bonchev–Trinajstić information content (AvgIpc) is 2.58. The zero-order valence-electron chi connectivity index (χ0n) is 11.9. The Morgan fingerprint density at radius 1 is 1.48 bits per heavy atom. The molecule has 1 fully saturated rings. The summed E-state index contributed by atoms with van der Waals surface area (Å²) >= 11 is 9.22. The van der Waals surface area contributed by atoms with Crippen LogP contribution in [0.5, 0.6) is 5.75 Å². The molecule has 6 heteroatoms. The first-order valence-corrected chi connectivity index (χ1v) is 8.12. The van der Waals surface area contributed by atoms with Crippen molar-refractivity contribution in [2.24, 2.45) is 0 Å². The van der Waals surface area contributed by atoms with Gasteiger partial charge in [-0.2, -0.15) is 0 Å². The Bertz CT molecular complexity index is 522. The first-order chi connectivity index (χ1) is 9.87. The van der Waals surface area contributed by atoms with Gasteiger partial charge in [0.2, 0.25) is 0 Å². The van der Waals surface area contributed by atoms with Gasteiger partial charge in [0.05, 0.1) is 10.1 Å². The van der Waals surface area contributed by atoms with E-state index in [1.807, 2.05) is 6.92 Å². The molecule has 1 N–H and O–H groups in total. The van der Waals surface area contributed by atoms with Crippen LogP contribution in [-0.4, -0.2) is 41.2 Å². The highest BCUT2D eigenvalue weighted by molar-refractivity contribution is 9.10. The summed E-state index contributed by atoms with van der Waals surface area (Å²) in [6.07, 6.45) is 2.13. The fraction of sp³-hybridized carbons (Fsp3) is 0.533. The van der Waals surface area contributed by atoms with E-state index in [9.17, 15) is 9.90 Å². The Hall–Kier alpha value is -0.780. The highest BCUT2D eigenvalue weighted by atomic mass is 79.9. The lowest BCUT2D eigenvalue weighted by Crippen LogP contribution is -2.36. The summed E-state index contributed by atoms with van der Waals surface area (Å²) in [6, 6.07) is 5.17. The molecular formula is C15H19BrClNO3. The lowest BCUT2D eigenvalue weighted by molar-refractivity contribution is -0.133. The van der Waals surface area contributed by atoms with Crippen molar-refractivity contribution in [1.29, 1.82) is 0 Å². The monoisotopic (exact) mass is 375 g/mol. The number of hydrogen-bond acceptors (Lipinski definition) is 3. The van der Waals surface area contributed by atoms with Crippen LogP contribution in [-0.2, 0) is 4.79 Å². The fourth-order valence-electron chi connectivity index (χ4n) is 2.34. The highest BCUT2D eigenvalue weighted by Gasteiger charge is 2.27. The van der Waals surface area contributed by atoms with Crippen LogP contribution < -0.4 is 4.74 Å². The van der Waals surface area contributed by atoms with Crippen molar-refractivity contribution in [2.75, 3.05) is 19.7 Å². The quantitative estimate of drug-likeness (QED) is 0.881. The van der Waals surface area contributed by atoms with Gasteiger partial charge in [-0.3, -0.25) is 4.79 Å². The number of halogens is 2. The van der Waals surface area contributed by atoms with Crippen LogP contribution in [0.25, 0.3) is 0 Å². The fourth-order valence-corrected chi connectivity index (χ4v) is 3.13. The molecule has 4 nitrogen and oxygen atoms in total. The van der Waals surface area contributed by atoms with Crippen molar-refractivity contribution < 1.29 is 14.6 Å². The molecule has 0 radical (unpaired) electrons. The molecule has 0 bridgehead atoms. The van der Waals surface area contributed by atoms with Crippen LogP contribution in [0.4, 0.5) is 0 Å². The Kier molecular flexibility index (Phi) is 5.52. The van der Waals surface area contributed by atoms with E-state index >= 15 is 0 Å². The van der Waals surface area contributed by atoms with Gasteiger partial charge in [-0.15, -0.1) is 0 Å². The predicted molar refractivity (Wildman–Crippen MR) is 85.7 cm³/mol. The normalized spacial score (nSPS) is 22.8. The van der Waals surface area contributed by atoms with Gasteiger partial charge >= 0.3 is 0 Å². The van der Waals surface area contributed by atoms with Gasteiger partial charge in [0, 0.05) is 18.1 Å². The number of carbonyl (C=O) groups excluding carboxylic acids is 1. The van der Waals surface area contributed by atoms with Gasteiger partial charge in [0.1, 0.15) is 5.75 Å². The molecule has 1 aromatic rings. The van der Waals surface area contributed by atoms with Crippen molar-refractivity contribution in [3.05, 3.63) is 27.7 Å². The third kappa shape index (κ3) is 4.87. The first-order valence-electron chi connectivity index (χ1n) is 6.95. The molecule has 0 spiro atoms. The van der Waals surface area contributed by atoms with Crippen LogP contribution >= 0.6 is 27.5 Å². The third-order valence-electron chi connectivity index (χ3n) is 3.66. The summed E-state index contributed by atoms with van der Waals surface area (Å²) in [6.45, 7) is 3.04. The number of rotatable bonds is 3. The SMILES string of the molecule is CC1(O)CCCN(C(=O)COc2ccc(Cl)cc2Br)CC1. The van der Waals surface area contributed by atoms with E-state index in [0.717, 1.165) is 17.3 Å². The highest BCUT2D eigenvalue weighted by Crippen LogP contribution is 2.28. The third-order valence-corrected chi connectivity index (χ3v) is 4.52. The summed E-state index contributed by atoms with van der Waals surface area (Å²) < 4.78 is 6.26. The van der Waals surface area contributed by atoms with Crippen molar-refractivity contribution in [3.8, 4) is 5.75 Å². The molecule has 1 aliphatic rings. The molecule has 2 rings (SSSR count). The number of aliphatic hydroxyl groups is 1. The molecule has 21 heavy (non-hydrogen) atoms. The van der Waals surface area contributed by atoms with Crippen LogP contribution in [0.2, 0.25) is 5.02 Å². The van der Waals surface area contributed by atoms with Gasteiger partial charge in [-0.1, -0.05) is 11.6 Å². The lowest BCUT2D eigenvalue weighted by atomic mass is 9.98. The van der Waals surface area contributed by atoms with E-state index in [0.29, 0.717) is 30.3 Å². The minimum absolute atomic E-state index is 0.0115. The number of amides is 1. The number of carbonyl (C=O) groups is 1. The van der Waals surface area contributed by atoms with Gasteiger partial charge in [0.15, 0.2) is 6.61 Å². The van der Waals surface area contributed by atoms with Crippen LogP contribution in [0.15, 0.2) is 22.7 Å². The minimum Gasteiger partial charge on any atom is -0.483 e. The predicted octanol–water partition coefficient (Wildman–Crippen LogP) is 3.24. The van der Waals surface area contributed by atoms with Crippen molar-refractivity contribution in [2.45, 2.75) is 31.8 Å². The molecule has 116 valence electrons. The molecule has 0 aliphatic carbocycles. The number of ether oxygens (including phenoxy) is 1. The summed E-state index contributed by atoms with van der Waals surface area (Å²) in [5.74, 6) is 0.532. The topological polar surface area (TPSA) is 49.8 Å². The molecule has 1 heterocycles. The molecule has 1 atom stereocenters. The number of likely N-dealkylation sites (tertiary alicyclic amines) is 1. The number of hydrogen-bond donors (Lipinski definition) is 1. The van der Waals surface area contributed by atoms with Gasteiger partial charge in [0.25, 0.3) is 5.91 Å². The van der Waals surface area contributed by atoms with Crippen molar-refractivity contribution in [3.63, 3.8) is 0 Å². The van der Waals surface area contributed by atoms with E-state index in [2.05, 4.69) is 15.9 Å². The van der Waals surface area contributed by atoms with Crippen LogP contribution in [0, 0.1) is 0 Å². The maximum Gasteiger partial charge on any atom is 0.260 e. The summed E-state index contributed by atoms with van der Waals surface area (Å²) in [5, 5.41) is 10.6. The van der Waals surface area contributed by atoms with Crippen molar-refractivity contribution >= 4 is 33.4 Å². The molecule has 1 saturated heterocycles. The van der Waals surface area contributed by atoms with E-state index < -0.39 is 5.60 Å². The summed E-state index contributed by atoms with van der Waals surface area (Å²) in [4.78, 5) is 13.9. The molecule has 0 saturated carbocycles. The largest absolute Gasteiger partial charge is 0.483 e. The van der Waals surface area contributed by atoms with E-state index in [1.54, 1.807) is 23.1 Å². The Morgan fingerprint density at radius 2 is 2.24 bits per heavy atom. The number of benzene rings is 1. The Morgan fingerprint density at radius 3 is 2.95 bits per heavy atom. The molecule has 1 unspecified atom stereocenters. The smallest absolute Gasteiger partial charge is 0.260 e. The van der Waals surface area contributed by atoms with E-state index in [1.165, 1.54) is 0 Å². The molecule has 1 amide bonds. The standard InChI is InChI=1S/C15H19BrClNO3/c1-15(20)5-2-7-18(8-6-15)14(19)10-21-13-4-3-11(17)9-12(13)16/h3-4,9,20H,2,5-8,10H2,1H3. The van der Waals surface area contributed by atoms with Crippen molar-refractivity contribution in [1.82, 2.24) is 4.90 Å². The van der Waals surface area contributed by atoms with Crippen LogP contribution in [0.1, 0.15) is 26.2 Å². The average molecular weight is 377 g/mol.